The predicted octanol–water partition coefficient (Wildman–Crippen LogP) is 3.60. The van der Waals surface area contributed by atoms with Crippen molar-refractivity contribution in [1.82, 2.24) is 4.90 Å². The van der Waals surface area contributed by atoms with E-state index in [9.17, 15) is 14.4 Å². The zero-order chi connectivity index (χ0) is 22.6. The van der Waals surface area contributed by atoms with Gasteiger partial charge in [0.1, 0.15) is 18.2 Å². The Morgan fingerprint density at radius 1 is 1.06 bits per heavy atom. The topological polar surface area (TPSA) is 72.9 Å². The van der Waals surface area contributed by atoms with Gasteiger partial charge in [0.05, 0.1) is 5.92 Å². The number of hydrogen-bond acceptors (Lipinski definition) is 5. The van der Waals surface area contributed by atoms with Crippen LogP contribution < -0.4 is 0 Å². The van der Waals surface area contributed by atoms with Gasteiger partial charge < -0.3 is 14.4 Å². The number of hydrogen-bond donors (Lipinski definition) is 0. The third kappa shape index (κ3) is 9.32. The lowest BCUT2D eigenvalue weighted by atomic mass is 9.83. The molecular formula is C25H37NO5. The first-order valence-electron chi connectivity index (χ1n) is 11.4. The summed E-state index contributed by atoms with van der Waals surface area (Å²) in [5.74, 6) is 0.152. The second kappa shape index (κ2) is 13.4. The van der Waals surface area contributed by atoms with Crippen LogP contribution in [0.2, 0.25) is 0 Å². The van der Waals surface area contributed by atoms with E-state index in [-0.39, 0.29) is 24.1 Å². The summed E-state index contributed by atoms with van der Waals surface area (Å²) in [5, 5.41) is 0. The number of benzene rings is 1. The van der Waals surface area contributed by atoms with Crippen molar-refractivity contribution in [3.63, 3.8) is 0 Å². The molecule has 0 aliphatic heterocycles. The Hall–Kier alpha value is -2.05. The zero-order valence-electron chi connectivity index (χ0n) is 19.2. The van der Waals surface area contributed by atoms with Crippen LogP contribution in [0.5, 0.6) is 0 Å². The molecule has 6 nitrogen and oxygen atoms in total. The fraction of sp³-hybridized carbons (Fsp3) is 0.640. The van der Waals surface area contributed by atoms with E-state index in [0.717, 1.165) is 37.0 Å². The van der Waals surface area contributed by atoms with E-state index in [2.05, 4.69) is 13.8 Å². The Balaban J connectivity index is 1.68. The number of likely N-dealkylation sites (N-methyl/N-ethyl adjacent to an activating group) is 1. The summed E-state index contributed by atoms with van der Waals surface area (Å²) in [6.07, 6.45) is 4.15. The highest BCUT2D eigenvalue weighted by molar-refractivity contribution is 6.03. The molecule has 6 heteroatoms. The number of carbonyl (C=O) groups is 3. The molecule has 172 valence electrons. The van der Waals surface area contributed by atoms with Gasteiger partial charge in [-0.3, -0.25) is 14.4 Å². The maximum absolute atomic E-state index is 12.4. The van der Waals surface area contributed by atoms with Gasteiger partial charge >= 0.3 is 0 Å². The lowest BCUT2D eigenvalue weighted by Crippen LogP contribution is -2.30. The summed E-state index contributed by atoms with van der Waals surface area (Å²) in [6.45, 7) is 6.65. The zero-order valence-corrected chi connectivity index (χ0v) is 19.2. The van der Waals surface area contributed by atoms with Crippen LogP contribution in [0.3, 0.4) is 0 Å². The third-order valence-electron chi connectivity index (χ3n) is 5.44. The second-order valence-electron chi connectivity index (χ2n) is 8.85. The Kier molecular flexibility index (Phi) is 10.9. The van der Waals surface area contributed by atoms with Gasteiger partial charge in [-0.1, -0.05) is 44.5 Å². The molecule has 1 unspecified atom stereocenters. The van der Waals surface area contributed by atoms with Gasteiger partial charge in [0.15, 0.2) is 0 Å². The van der Waals surface area contributed by atoms with Crippen molar-refractivity contribution in [1.29, 1.82) is 0 Å². The smallest absolute Gasteiger partial charge is 0.248 e. The first-order valence-corrected chi connectivity index (χ1v) is 11.4. The highest BCUT2D eigenvalue weighted by Crippen LogP contribution is 2.23. The number of rotatable bonds is 13. The molecule has 1 aromatic rings. The van der Waals surface area contributed by atoms with Crippen molar-refractivity contribution in [2.45, 2.75) is 58.9 Å². The monoisotopic (exact) mass is 431 g/mol. The largest absolute Gasteiger partial charge is 0.381 e. The van der Waals surface area contributed by atoms with Crippen molar-refractivity contribution in [3.8, 4) is 0 Å². The lowest BCUT2D eigenvalue weighted by Gasteiger charge is -2.19. The van der Waals surface area contributed by atoms with Crippen molar-refractivity contribution in [2.24, 2.45) is 11.8 Å². The van der Waals surface area contributed by atoms with E-state index in [1.165, 1.54) is 0 Å². The van der Waals surface area contributed by atoms with Crippen LogP contribution in [-0.4, -0.2) is 55.8 Å². The van der Waals surface area contributed by atoms with E-state index < -0.39 is 5.92 Å². The van der Waals surface area contributed by atoms with Crippen LogP contribution in [0.15, 0.2) is 24.3 Å². The lowest BCUT2D eigenvalue weighted by molar-refractivity contribution is -0.136. The molecule has 1 saturated carbocycles. The predicted molar refractivity (Wildman–Crippen MR) is 120 cm³/mol. The summed E-state index contributed by atoms with van der Waals surface area (Å²) in [4.78, 5) is 38.3. The normalized spacial score (nSPS) is 16.5. The molecule has 1 aliphatic carbocycles. The highest BCUT2D eigenvalue weighted by atomic mass is 16.5. The molecule has 1 amide bonds. The maximum Gasteiger partial charge on any atom is 0.248 e. The van der Waals surface area contributed by atoms with Crippen molar-refractivity contribution in [2.75, 3.05) is 33.5 Å². The molecule has 0 heterocycles. The van der Waals surface area contributed by atoms with Gasteiger partial charge in [-0.15, -0.1) is 0 Å². The van der Waals surface area contributed by atoms with Crippen LogP contribution >= 0.6 is 0 Å². The number of ketones is 2. The van der Waals surface area contributed by atoms with E-state index in [1.54, 1.807) is 11.9 Å². The minimum absolute atomic E-state index is 0.0245. The average Bonchev–Trinajstić information content (AvgIpc) is 2.74. The van der Waals surface area contributed by atoms with Crippen molar-refractivity contribution < 1.29 is 23.9 Å². The molecule has 1 aromatic carbocycles. The summed E-state index contributed by atoms with van der Waals surface area (Å²) >= 11 is 0. The molecular weight excluding hydrogens is 394 g/mol. The van der Waals surface area contributed by atoms with Crippen molar-refractivity contribution in [3.05, 3.63) is 35.4 Å². The minimum atomic E-state index is -0.418. The second-order valence-corrected chi connectivity index (χ2v) is 8.85. The number of Topliss-reactive ketones (excluding diaryl/α,β-unsaturated/α-hetero) is 2. The average molecular weight is 432 g/mol. The van der Waals surface area contributed by atoms with Gasteiger partial charge in [0.2, 0.25) is 5.91 Å². The first-order chi connectivity index (χ1) is 14.9. The first kappa shape index (κ1) is 25.2. The van der Waals surface area contributed by atoms with Crippen LogP contribution in [-0.2, 0) is 36.8 Å². The Morgan fingerprint density at radius 3 is 2.42 bits per heavy atom. The van der Waals surface area contributed by atoms with Crippen LogP contribution in [0.4, 0.5) is 0 Å². The highest BCUT2D eigenvalue weighted by Gasteiger charge is 2.28. The molecule has 1 fully saturated rings. The van der Waals surface area contributed by atoms with E-state index in [4.69, 9.17) is 9.47 Å². The fourth-order valence-corrected chi connectivity index (χ4v) is 3.62. The number of nitrogens with zero attached hydrogens (tertiary/aromatic N) is 1. The van der Waals surface area contributed by atoms with Gasteiger partial charge in [-0.05, 0) is 36.3 Å². The van der Waals surface area contributed by atoms with Gasteiger partial charge in [-0.25, -0.2) is 0 Å². The van der Waals surface area contributed by atoms with Crippen LogP contribution in [0, 0.1) is 11.8 Å². The number of amides is 1. The third-order valence-corrected chi connectivity index (χ3v) is 5.44. The number of ether oxygens (including phenoxy) is 2. The van der Waals surface area contributed by atoms with E-state index >= 15 is 0 Å². The fourth-order valence-electron chi connectivity index (χ4n) is 3.62. The van der Waals surface area contributed by atoms with Crippen molar-refractivity contribution >= 4 is 17.5 Å². The molecule has 0 bridgehead atoms. The molecule has 1 atom stereocenters. The molecule has 0 N–H and O–H groups in total. The summed E-state index contributed by atoms with van der Waals surface area (Å²) < 4.78 is 10.9. The molecule has 0 aromatic heterocycles. The molecule has 1 aliphatic rings. The van der Waals surface area contributed by atoms with Crippen LogP contribution in [0.25, 0.3) is 0 Å². The van der Waals surface area contributed by atoms with E-state index in [0.29, 0.717) is 44.9 Å². The summed E-state index contributed by atoms with van der Waals surface area (Å²) in [7, 11) is 1.75. The summed E-state index contributed by atoms with van der Waals surface area (Å²) in [6, 6.07) is 7.68. The summed E-state index contributed by atoms with van der Waals surface area (Å²) in [5.41, 5.74) is 1.90. The van der Waals surface area contributed by atoms with Gasteiger partial charge in [-0.2, -0.15) is 0 Å². The SMILES string of the molecule is CC(C)COCCCOCC(=O)N(C)Cc1ccc(CC(=O)C2CCCCC2=O)cc1. The standard InChI is InChI=1S/C25H37NO5/c1-19(2)17-30-13-6-14-31-18-25(29)26(3)16-21-11-9-20(10-12-21)15-24(28)22-7-4-5-8-23(22)27/h9-12,19,22H,4-8,13-18H2,1-3H3. The maximum atomic E-state index is 12.4. The quantitative estimate of drug-likeness (QED) is 0.352. The Bertz CT molecular complexity index is 713. The molecule has 31 heavy (non-hydrogen) atoms. The van der Waals surface area contributed by atoms with Gasteiger partial charge in [0.25, 0.3) is 0 Å². The molecule has 0 radical (unpaired) electrons. The van der Waals surface area contributed by atoms with E-state index in [1.807, 2.05) is 24.3 Å². The van der Waals surface area contributed by atoms with Crippen LogP contribution in [0.1, 0.15) is 57.1 Å². The molecule has 0 saturated heterocycles. The van der Waals surface area contributed by atoms with Gasteiger partial charge in [0, 0.05) is 46.3 Å². The number of carbonyl (C=O) groups excluding carboxylic acids is 3. The molecule has 0 spiro atoms. The molecule has 2 rings (SSSR count). The Morgan fingerprint density at radius 2 is 1.74 bits per heavy atom. The minimum Gasteiger partial charge on any atom is -0.381 e. The Labute approximate surface area is 186 Å².